The van der Waals surface area contributed by atoms with Crippen molar-refractivity contribution in [2.45, 2.75) is 51.7 Å². The summed E-state index contributed by atoms with van der Waals surface area (Å²) in [6.45, 7) is 4.21. The molecule has 0 bridgehead atoms. The molecule has 1 aromatic rings. The first-order valence-corrected chi connectivity index (χ1v) is 7.25. The Bertz CT molecular complexity index is 421. The molecule has 1 fully saturated rings. The van der Waals surface area contributed by atoms with Gasteiger partial charge in [0.25, 0.3) is 0 Å². The van der Waals surface area contributed by atoms with Crippen LogP contribution in [-0.4, -0.2) is 13.2 Å². The monoisotopic (exact) mass is 265 g/mol. The Morgan fingerprint density at radius 2 is 2.05 bits per heavy atom. The van der Waals surface area contributed by atoms with E-state index in [0.29, 0.717) is 11.7 Å². The summed E-state index contributed by atoms with van der Waals surface area (Å²) in [5, 5.41) is 3.11. The molecular weight excluding hydrogens is 241 g/mol. The molecule has 0 radical (unpaired) electrons. The maximum absolute atomic E-state index is 14.1. The van der Waals surface area contributed by atoms with E-state index in [0.717, 1.165) is 12.0 Å². The number of hydrogen-bond acceptors (Lipinski definition) is 2. The zero-order chi connectivity index (χ0) is 13.8. The van der Waals surface area contributed by atoms with E-state index in [-0.39, 0.29) is 18.0 Å². The van der Waals surface area contributed by atoms with E-state index in [4.69, 9.17) is 4.74 Å². The molecule has 1 N–H and O–H groups in total. The molecule has 0 saturated heterocycles. The molecule has 3 heteroatoms. The van der Waals surface area contributed by atoms with Crippen molar-refractivity contribution in [2.24, 2.45) is 5.92 Å². The first-order chi connectivity index (χ1) is 9.11. The highest BCUT2D eigenvalue weighted by Gasteiger charge is 2.24. The minimum Gasteiger partial charge on any atom is -0.487 e. The Kier molecular flexibility index (Phi) is 4.81. The zero-order valence-corrected chi connectivity index (χ0v) is 12.1. The molecule has 1 saturated carbocycles. The molecular formula is C16H24FNO. The quantitative estimate of drug-likeness (QED) is 0.886. The maximum atomic E-state index is 14.1. The van der Waals surface area contributed by atoms with Crippen LogP contribution in [0.4, 0.5) is 4.39 Å². The van der Waals surface area contributed by atoms with Crippen LogP contribution in [0.2, 0.25) is 0 Å². The Hall–Kier alpha value is -1.09. The van der Waals surface area contributed by atoms with Gasteiger partial charge in [-0.2, -0.15) is 0 Å². The Morgan fingerprint density at radius 3 is 2.68 bits per heavy atom. The second kappa shape index (κ2) is 6.38. The smallest absolute Gasteiger partial charge is 0.165 e. The van der Waals surface area contributed by atoms with Crippen LogP contribution in [0.15, 0.2) is 18.2 Å². The molecule has 1 aromatic carbocycles. The normalized spacial score (nSPS) is 25.1. The van der Waals surface area contributed by atoms with Crippen molar-refractivity contribution in [1.82, 2.24) is 5.32 Å². The zero-order valence-electron chi connectivity index (χ0n) is 12.1. The van der Waals surface area contributed by atoms with Gasteiger partial charge in [-0.1, -0.05) is 19.4 Å². The highest BCUT2D eigenvalue weighted by atomic mass is 19.1. The van der Waals surface area contributed by atoms with Gasteiger partial charge in [0.2, 0.25) is 0 Å². The molecule has 2 nitrogen and oxygen atoms in total. The fourth-order valence-electron chi connectivity index (χ4n) is 2.67. The fourth-order valence-corrected chi connectivity index (χ4v) is 2.67. The van der Waals surface area contributed by atoms with Crippen LogP contribution in [0.1, 0.15) is 51.1 Å². The molecule has 106 valence electrons. The van der Waals surface area contributed by atoms with E-state index >= 15 is 0 Å². The predicted molar refractivity (Wildman–Crippen MR) is 75.9 cm³/mol. The summed E-state index contributed by atoms with van der Waals surface area (Å²) in [6.07, 6.45) is 4.83. The second-order valence-electron chi connectivity index (χ2n) is 5.62. The molecule has 1 aliphatic rings. The van der Waals surface area contributed by atoms with Crippen molar-refractivity contribution in [3.05, 3.63) is 29.6 Å². The van der Waals surface area contributed by atoms with E-state index < -0.39 is 0 Å². The lowest BCUT2D eigenvalue weighted by molar-refractivity contribution is 0.0979. The van der Waals surface area contributed by atoms with Gasteiger partial charge in [-0.05, 0) is 56.8 Å². The van der Waals surface area contributed by atoms with Gasteiger partial charge in [-0.25, -0.2) is 4.39 Å². The van der Waals surface area contributed by atoms with Gasteiger partial charge in [0, 0.05) is 6.04 Å². The van der Waals surface area contributed by atoms with Gasteiger partial charge < -0.3 is 10.1 Å². The average molecular weight is 265 g/mol. The lowest BCUT2D eigenvalue weighted by Crippen LogP contribution is -2.28. The molecule has 3 atom stereocenters. The van der Waals surface area contributed by atoms with Crippen molar-refractivity contribution in [3.63, 3.8) is 0 Å². The number of rotatable bonds is 4. The molecule has 3 unspecified atom stereocenters. The minimum atomic E-state index is -0.252. The van der Waals surface area contributed by atoms with Crippen LogP contribution >= 0.6 is 0 Å². The molecule has 1 aliphatic carbocycles. The average Bonchev–Trinajstić information content (AvgIpc) is 2.42. The van der Waals surface area contributed by atoms with Crippen molar-refractivity contribution in [2.75, 3.05) is 7.05 Å². The molecule has 2 rings (SSSR count). The number of benzene rings is 1. The second-order valence-corrected chi connectivity index (χ2v) is 5.62. The summed E-state index contributed by atoms with van der Waals surface area (Å²) in [5.74, 6) is 0.659. The van der Waals surface area contributed by atoms with Crippen LogP contribution in [0.3, 0.4) is 0 Å². The summed E-state index contributed by atoms with van der Waals surface area (Å²) in [7, 11) is 1.87. The summed E-state index contributed by atoms with van der Waals surface area (Å²) >= 11 is 0. The lowest BCUT2D eigenvalue weighted by atomic mass is 9.88. The van der Waals surface area contributed by atoms with Gasteiger partial charge in [0.05, 0.1) is 0 Å². The highest BCUT2D eigenvalue weighted by molar-refractivity contribution is 5.31. The van der Waals surface area contributed by atoms with E-state index in [9.17, 15) is 4.39 Å². The molecule has 0 spiro atoms. The van der Waals surface area contributed by atoms with E-state index in [1.807, 2.05) is 20.0 Å². The number of hydrogen-bond donors (Lipinski definition) is 1. The first-order valence-electron chi connectivity index (χ1n) is 7.25. The summed E-state index contributed by atoms with van der Waals surface area (Å²) in [6, 6.07) is 5.42. The van der Waals surface area contributed by atoms with Crippen LogP contribution in [0.25, 0.3) is 0 Å². The Morgan fingerprint density at radius 1 is 1.32 bits per heavy atom. The van der Waals surface area contributed by atoms with E-state index in [1.165, 1.54) is 19.3 Å². The summed E-state index contributed by atoms with van der Waals surface area (Å²) in [5.41, 5.74) is 0.948. The van der Waals surface area contributed by atoms with Crippen LogP contribution < -0.4 is 10.1 Å². The van der Waals surface area contributed by atoms with Crippen molar-refractivity contribution >= 4 is 0 Å². The Labute approximate surface area is 115 Å². The molecule has 0 amide bonds. The minimum absolute atomic E-state index is 0.150. The number of ether oxygens (including phenoxy) is 1. The predicted octanol–water partition coefficient (Wildman–Crippen LogP) is 4.06. The van der Waals surface area contributed by atoms with Crippen LogP contribution in [0.5, 0.6) is 5.75 Å². The van der Waals surface area contributed by atoms with Gasteiger partial charge in [0.1, 0.15) is 6.10 Å². The van der Waals surface area contributed by atoms with Gasteiger partial charge in [-0.15, -0.1) is 0 Å². The highest BCUT2D eigenvalue weighted by Crippen LogP contribution is 2.30. The molecule has 19 heavy (non-hydrogen) atoms. The summed E-state index contributed by atoms with van der Waals surface area (Å²) < 4.78 is 19.9. The maximum Gasteiger partial charge on any atom is 0.165 e. The van der Waals surface area contributed by atoms with Crippen molar-refractivity contribution in [3.8, 4) is 5.75 Å². The van der Waals surface area contributed by atoms with Gasteiger partial charge in [-0.3, -0.25) is 0 Å². The largest absolute Gasteiger partial charge is 0.487 e. The number of nitrogens with one attached hydrogen (secondary N) is 1. The molecule has 0 heterocycles. The third kappa shape index (κ3) is 3.47. The van der Waals surface area contributed by atoms with Crippen LogP contribution in [0, 0.1) is 11.7 Å². The third-order valence-electron chi connectivity index (χ3n) is 4.20. The van der Waals surface area contributed by atoms with Crippen molar-refractivity contribution < 1.29 is 9.13 Å². The lowest BCUT2D eigenvalue weighted by Gasteiger charge is -2.29. The first kappa shape index (κ1) is 14.3. The standard InChI is InChI=1S/C16H24FNO/c1-11-6-4-5-7-15(11)19-16-9-8-13(10-14(16)17)12(2)18-3/h8-12,15,18H,4-7H2,1-3H3. The van der Waals surface area contributed by atoms with Crippen molar-refractivity contribution in [1.29, 1.82) is 0 Å². The van der Waals surface area contributed by atoms with Gasteiger partial charge >= 0.3 is 0 Å². The topological polar surface area (TPSA) is 21.3 Å². The van der Waals surface area contributed by atoms with Gasteiger partial charge in [0.15, 0.2) is 11.6 Å². The Balaban J connectivity index is 2.08. The SMILES string of the molecule is CNC(C)c1ccc(OC2CCCCC2C)c(F)c1. The summed E-state index contributed by atoms with van der Waals surface area (Å²) in [4.78, 5) is 0. The molecule has 0 aromatic heterocycles. The molecule has 0 aliphatic heterocycles. The number of halogens is 1. The third-order valence-corrected chi connectivity index (χ3v) is 4.20. The van der Waals surface area contributed by atoms with Crippen LogP contribution in [-0.2, 0) is 0 Å². The fraction of sp³-hybridized carbons (Fsp3) is 0.625. The van der Waals surface area contributed by atoms with E-state index in [1.54, 1.807) is 12.1 Å². The van der Waals surface area contributed by atoms with E-state index in [2.05, 4.69) is 12.2 Å².